The monoisotopic (exact) mass is 340 g/mol. The number of anilines is 1. The minimum absolute atomic E-state index is 0.0791. The van der Waals surface area contributed by atoms with Crippen LogP contribution in [0.5, 0.6) is 0 Å². The number of carbonyl (C=O) groups excluding carboxylic acids is 1. The Kier molecular flexibility index (Phi) is 5.15. The van der Waals surface area contributed by atoms with E-state index in [4.69, 9.17) is 0 Å². The fraction of sp³-hybridized carbons (Fsp3) is 0.130. The summed E-state index contributed by atoms with van der Waals surface area (Å²) in [5.41, 5.74) is 2.81. The molecule has 3 heteroatoms. The molecule has 0 atom stereocenters. The van der Waals surface area contributed by atoms with Gasteiger partial charge in [0.1, 0.15) is 11.6 Å². The van der Waals surface area contributed by atoms with Crippen molar-refractivity contribution in [2.24, 2.45) is 0 Å². The first-order valence-electron chi connectivity index (χ1n) is 8.59. The third-order valence-electron chi connectivity index (χ3n) is 4.29. The Bertz CT molecular complexity index is 1010. The number of carbonyl (C=O) groups is 1. The van der Waals surface area contributed by atoms with Crippen LogP contribution in [0.2, 0.25) is 0 Å². The molecule has 26 heavy (non-hydrogen) atoms. The van der Waals surface area contributed by atoms with Crippen LogP contribution in [0.25, 0.3) is 16.8 Å². The molecule has 0 aliphatic carbocycles. The highest BCUT2D eigenvalue weighted by Crippen LogP contribution is 2.20. The van der Waals surface area contributed by atoms with Gasteiger partial charge in [0.2, 0.25) is 0 Å². The molecule has 0 aliphatic rings. The van der Waals surface area contributed by atoms with Gasteiger partial charge in [-0.25, -0.2) is 0 Å². The lowest BCUT2D eigenvalue weighted by molar-refractivity contribution is -0.112. The van der Waals surface area contributed by atoms with Gasteiger partial charge in [-0.2, -0.15) is 5.26 Å². The molecule has 0 unspecified atom stereocenters. The summed E-state index contributed by atoms with van der Waals surface area (Å²) in [7, 11) is 0. The number of amides is 1. The highest BCUT2D eigenvalue weighted by molar-refractivity contribution is 6.10. The molecule has 1 amide bonds. The molecule has 3 aromatic rings. The van der Waals surface area contributed by atoms with Crippen LogP contribution in [0, 0.1) is 11.3 Å². The van der Waals surface area contributed by atoms with Crippen LogP contribution in [0.3, 0.4) is 0 Å². The molecule has 0 radical (unpaired) electrons. The van der Waals surface area contributed by atoms with Crippen LogP contribution in [0.15, 0.2) is 72.3 Å². The van der Waals surface area contributed by atoms with E-state index in [9.17, 15) is 10.1 Å². The Morgan fingerprint density at radius 1 is 1.00 bits per heavy atom. The first kappa shape index (κ1) is 17.4. The molecule has 0 aromatic heterocycles. The minimum atomic E-state index is -0.407. The minimum Gasteiger partial charge on any atom is -0.321 e. The molecule has 0 saturated carbocycles. The number of hydrogen-bond donors (Lipinski definition) is 1. The molecule has 3 aromatic carbocycles. The van der Waals surface area contributed by atoms with Gasteiger partial charge >= 0.3 is 0 Å². The van der Waals surface area contributed by atoms with Gasteiger partial charge in [0.15, 0.2) is 0 Å². The van der Waals surface area contributed by atoms with E-state index in [1.165, 1.54) is 5.56 Å². The molecule has 0 spiro atoms. The Labute approximate surface area is 153 Å². The lowest BCUT2D eigenvalue weighted by atomic mass is 10.0. The van der Waals surface area contributed by atoms with Crippen molar-refractivity contribution in [3.63, 3.8) is 0 Å². The molecule has 128 valence electrons. The number of nitriles is 1. The van der Waals surface area contributed by atoms with Crippen LogP contribution in [0.1, 0.15) is 30.9 Å². The summed E-state index contributed by atoms with van der Waals surface area (Å²) in [6, 6.07) is 23.5. The molecule has 0 aliphatic heterocycles. The summed E-state index contributed by atoms with van der Waals surface area (Å²) in [6.07, 6.45) is 1.61. The van der Waals surface area contributed by atoms with E-state index >= 15 is 0 Å². The smallest absolute Gasteiger partial charge is 0.266 e. The van der Waals surface area contributed by atoms with Crippen molar-refractivity contribution in [2.75, 3.05) is 5.32 Å². The third-order valence-corrected chi connectivity index (χ3v) is 4.29. The molecule has 0 fully saturated rings. The quantitative estimate of drug-likeness (QED) is 0.503. The largest absolute Gasteiger partial charge is 0.321 e. The number of hydrogen-bond acceptors (Lipinski definition) is 2. The van der Waals surface area contributed by atoms with Gasteiger partial charge in [0, 0.05) is 5.69 Å². The number of rotatable bonds is 4. The second-order valence-electron chi connectivity index (χ2n) is 6.51. The van der Waals surface area contributed by atoms with Crippen molar-refractivity contribution >= 4 is 28.4 Å². The topological polar surface area (TPSA) is 52.9 Å². The normalized spacial score (nSPS) is 11.4. The molecule has 0 bridgehead atoms. The summed E-state index contributed by atoms with van der Waals surface area (Å²) >= 11 is 0. The molecular weight excluding hydrogens is 320 g/mol. The molecule has 3 rings (SSSR count). The van der Waals surface area contributed by atoms with Crippen molar-refractivity contribution < 1.29 is 4.79 Å². The highest BCUT2D eigenvalue weighted by atomic mass is 16.1. The van der Waals surface area contributed by atoms with Crippen LogP contribution in [-0.4, -0.2) is 5.91 Å². The van der Waals surface area contributed by atoms with Crippen LogP contribution in [-0.2, 0) is 4.79 Å². The molecule has 0 saturated heterocycles. The number of fused-ring (bicyclic) bond motifs is 1. The van der Waals surface area contributed by atoms with Crippen LogP contribution >= 0.6 is 0 Å². The zero-order chi connectivity index (χ0) is 18.5. The fourth-order valence-electron chi connectivity index (χ4n) is 2.76. The first-order valence-corrected chi connectivity index (χ1v) is 8.59. The molecule has 0 heterocycles. The van der Waals surface area contributed by atoms with E-state index in [1.54, 1.807) is 6.08 Å². The van der Waals surface area contributed by atoms with E-state index in [1.807, 2.05) is 72.8 Å². The summed E-state index contributed by atoms with van der Waals surface area (Å²) < 4.78 is 0. The predicted octanol–water partition coefficient (Wildman–Crippen LogP) is 5.51. The van der Waals surface area contributed by atoms with Crippen molar-refractivity contribution in [2.45, 2.75) is 19.8 Å². The van der Waals surface area contributed by atoms with Crippen LogP contribution in [0.4, 0.5) is 5.69 Å². The standard InChI is InChI=1S/C23H20N2O/c1-16(2)18-9-7-17(8-10-18)13-21(15-24)23(26)25-22-12-11-19-5-3-4-6-20(19)14-22/h3-14,16H,1-2H3,(H,25,26)/b21-13-. The lowest BCUT2D eigenvalue weighted by Crippen LogP contribution is -2.13. The van der Waals surface area contributed by atoms with Crippen molar-refractivity contribution in [1.82, 2.24) is 0 Å². The lowest BCUT2D eigenvalue weighted by Gasteiger charge is -2.07. The molecule has 3 nitrogen and oxygen atoms in total. The average molecular weight is 340 g/mol. The summed E-state index contributed by atoms with van der Waals surface area (Å²) in [5, 5.41) is 14.3. The average Bonchev–Trinajstić information content (AvgIpc) is 2.66. The van der Waals surface area contributed by atoms with Gasteiger partial charge in [0.05, 0.1) is 0 Å². The van der Waals surface area contributed by atoms with Gasteiger partial charge in [0.25, 0.3) is 5.91 Å². The van der Waals surface area contributed by atoms with E-state index < -0.39 is 5.91 Å². The summed E-state index contributed by atoms with van der Waals surface area (Å²) in [4.78, 5) is 12.5. The maximum Gasteiger partial charge on any atom is 0.266 e. The van der Waals surface area contributed by atoms with Gasteiger partial charge in [-0.15, -0.1) is 0 Å². The second-order valence-corrected chi connectivity index (χ2v) is 6.51. The van der Waals surface area contributed by atoms with Crippen molar-refractivity contribution in [1.29, 1.82) is 5.26 Å². The third kappa shape index (κ3) is 3.99. The van der Waals surface area contributed by atoms with E-state index in [0.717, 1.165) is 16.3 Å². The van der Waals surface area contributed by atoms with Crippen molar-refractivity contribution in [3.05, 3.63) is 83.4 Å². The zero-order valence-corrected chi connectivity index (χ0v) is 14.9. The molecular formula is C23H20N2O. The maximum absolute atomic E-state index is 12.5. The SMILES string of the molecule is CC(C)c1ccc(/C=C(/C#N)C(=O)Nc2ccc3ccccc3c2)cc1. The van der Waals surface area contributed by atoms with Crippen LogP contribution < -0.4 is 5.32 Å². The van der Waals surface area contributed by atoms with Gasteiger partial charge < -0.3 is 5.32 Å². The Morgan fingerprint density at radius 3 is 2.35 bits per heavy atom. The Balaban J connectivity index is 1.80. The van der Waals surface area contributed by atoms with E-state index in [2.05, 4.69) is 19.2 Å². The Morgan fingerprint density at radius 2 is 1.69 bits per heavy atom. The number of nitrogens with one attached hydrogen (secondary N) is 1. The second kappa shape index (κ2) is 7.67. The number of nitrogens with zero attached hydrogens (tertiary/aromatic N) is 1. The predicted molar refractivity (Wildman–Crippen MR) is 107 cm³/mol. The van der Waals surface area contributed by atoms with Gasteiger partial charge in [-0.1, -0.05) is 68.4 Å². The first-order chi connectivity index (χ1) is 12.6. The van der Waals surface area contributed by atoms with E-state index in [-0.39, 0.29) is 5.57 Å². The van der Waals surface area contributed by atoms with Gasteiger partial charge in [-0.3, -0.25) is 4.79 Å². The van der Waals surface area contributed by atoms with E-state index in [0.29, 0.717) is 11.6 Å². The van der Waals surface area contributed by atoms with Gasteiger partial charge in [-0.05, 0) is 46.0 Å². The zero-order valence-electron chi connectivity index (χ0n) is 14.9. The fourth-order valence-corrected chi connectivity index (χ4v) is 2.76. The molecule has 1 N–H and O–H groups in total. The summed E-state index contributed by atoms with van der Waals surface area (Å²) in [6.45, 7) is 4.26. The maximum atomic E-state index is 12.5. The summed E-state index contributed by atoms with van der Waals surface area (Å²) in [5.74, 6) is 0.0374. The number of benzene rings is 3. The Hall–Kier alpha value is -3.38. The highest BCUT2D eigenvalue weighted by Gasteiger charge is 2.10. The van der Waals surface area contributed by atoms with Crippen molar-refractivity contribution in [3.8, 4) is 6.07 Å².